The predicted molar refractivity (Wildman–Crippen MR) is 81.3 cm³/mol. The number of nitrogen functional groups attached to an aromatic ring is 1. The first-order valence-electron chi connectivity index (χ1n) is 6.09. The molecule has 0 aliphatic heterocycles. The average Bonchev–Trinajstić information content (AvgIpc) is 2.40. The number of rotatable bonds is 4. The topological polar surface area (TPSA) is 55.1 Å². The van der Waals surface area contributed by atoms with E-state index in [-0.39, 0.29) is 17.5 Å². The maximum atomic E-state index is 13.0. The monoisotopic (exact) mass is 290 g/mol. The highest BCUT2D eigenvalue weighted by atomic mass is 32.2. The summed E-state index contributed by atoms with van der Waals surface area (Å²) in [5.41, 5.74) is 7.92. The summed E-state index contributed by atoms with van der Waals surface area (Å²) in [6.07, 6.45) is 0. The highest BCUT2D eigenvalue weighted by Crippen LogP contribution is 2.24. The van der Waals surface area contributed by atoms with Crippen LogP contribution >= 0.6 is 11.8 Å². The molecule has 0 unspecified atom stereocenters. The van der Waals surface area contributed by atoms with Crippen LogP contribution in [0.3, 0.4) is 0 Å². The Hall–Kier alpha value is -2.01. The molecule has 0 aliphatic carbocycles. The summed E-state index contributed by atoms with van der Waals surface area (Å²) in [5, 5.41) is 2.66. The van der Waals surface area contributed by atoms with Gasteiger partial charge in [-0.2, -0.15) is 0 Å². The van der Waals surface area contributed by atoms with Gasteiger partial charge < -0.3 is 11.1 Å². The Kier molecular flexibility index (Phi) is 4.63. The molecule has 0 radical (unpaired) electrons. The largest absolute Gasteiger partial charge is 0.399 e. The van der Waals surface area contributed by atoms with Crippen molar-refractivity contribution in [3.05, 3.63) is 53.8 Å². The van der Waals surface area contributed by atoms with E-state index in [1.165, 1.54) is 23.9 Å². The Morgan fingerprint density at radius 3 is 2.85 bits per heavy atom. The molecule has 0 spiro atoms. The molecular formula is C15H15FN2OS. The highest BCUT2D eigenvalue weighted by molar-refractivity contribution is 8.00. The first-order chi connectivity index (χ1) is 9.54. The molecule has 2 rings (SSSR count). The molecule has 0 atom stereocenters. The van der Waals surface area contributed by atoms with Crippen LogP contribution in [0.5, 0.6) is 0 Å². The lowest BCUT2D eigenvalue weighted by Gasteiger charge is -2.07. The van der Waals surface area contributed by atoms with Crippen molar-refractivity contribution < 1.29 is 9.18 Å². The molecule has 0 fully saturated rings. The number of nitrogens with one attached hydrogen (secondary N) is 1. The van der Waals surface area contributed by atoms with Crippen LogP contribution in [0.4, 0.5) is 15.8 Å². The summed E-state index contributed by atoms with van der Waals surface area (Å²) in [5.74, 6) is -0.301. The van der Waals surface area contributed by atoms with Crippen molar-refractivity contribution in [2.45, 2.75) is 11.8 Å². The number of amides is 1. The minimum Gasteiger partial charge on any atom is -0.399 e. The van der Waals surface area contributed by atoms with E-state index in [1.807, 2.05) is 25.1 Å². The molecule has 2 aromatic rings. The van der Waals surface area contributed by atoms with Gasteiger partial charge in [0.2, 0.25) is 5.91 Å². The maximum Gasteiger partial charge on any atom is 0.234 e. The van der Waals surface area contributed by atoms with E-state index in [2.05, 4.69) is 5.32 Å². The van der Waals surface area contributed by atoms with E-state index in [9.17, 15) is 9.18 Å². The van der Waals surface area contributed by atoms with Gasteiger partial charge >= 0.3 is 0 Å². The van der Waals surface area contributed by atoms with Gasteiger partial charge in [0, 0.05) is 16.3 Å². The third-order valence-electron chi connectivity index (χ3n) is 2.68. The zero-order valence-electron chi connectivity index (χ0n) is 11.0. The Labute approximate surface area is 121 Å². The first kappa shape index (κ1) is 14.4. The zero-order chi connectivity index (χ0) is 14.5. The number of anilines is 2. The number of halogens is 1. The summed E-state index contributed by atoms with van der Waals surface area (Å²) in [6.45, 7) is 1.96. The number of nitrogens with two attached hydrogens (primary N) is 1. The molecule has 3 N–H and O–H groups in total. The van der Waals surface area contributed by atoms with Crippen molar-refractivity contribution in [3.8, 4) is 0 Å². The summed E-state index contributed by atoms with van der Waals surface area (Å²) in [4.78, 5) is 12.8. The minimum atomic E-state index is -0.373. The number of hydrogen-bond donors (Lipinski definition) is 2. The number of thioether (sulfide) groups is 1. The summed E-state index contributed by atoms with van der Waals surface area (Å²) >= 11 is 1.41. The number of carbonyl (C=O) groups is 1. The van der Waals surface area contributed by atoms with E-state index >= 15 is 0 Å². The molecule has 0 heterocycles. The quantitative estimate of drug-likeness (QED) is 0.670. The van der Waals surface area contributed by atoms with Gasteiger partial charge in [-0.25, -0.2) is 4.39 Å². The second-order valence-electron chi connectivity index (χ2n) is 4.37. The fraction of sp³-hybridized carbons (Fsp3) is 0.133. The summed E-state index contributed by atoms with van der Waals surface area (Å²) < 4.78 is 13.0. The smallest absolute Gasteiger partial charge is 0.234 e. The van der Waals surface area contributed by atoms with E-state index in [1.54, 1.807) is 12.1 Å². The number of carbonyl (C=O) groups excluding carboxylic acids is 1. The minimum absolute atomic E-state index is 0.178. The van der Waals surface area contributed by atoms with E-state index in [0.29, 0.717) is 11.4 Å². The van der Waals surface area contributed by atoms with Crippen LogP contribution in [0.2, 0.25) is 0 Å². The van der Waals surface area contributed by atoms with Crippen LogP contribution in [0.25, 0.3) is 0 Å². The first-order valence-corrected chi connectivity index (χ1v) is 7.07. The Bertz CT molecular complexity index is 631. The number of benzene rings is 2. The van der Waals surface area contributed by atoms with Gasteiger partial charge in [-0.05, 0) is 42.8 Å². The Morgan fingerprint density at radius 2 is 2.10 bits per heavy atom. The predicted octanol–water partition coefficient (Wildman–Crippen LogP) is 3.45. The second-order valence-corrected chi connectivity index (χ2v) is 5.39. The molecule has 0 bridgehead atoms. The molecular weight excluding hydrogens is 275 g/mol. The molecule has 2 aromatic carbocycles. The van der Waals surface area contributed by atoms with E-state index in [4.69, 9.17) is 5.73 Å². The van der Waals surface area contributed by atoms with Gasteiger partial charge in [0.05, 0.1) is 5.75 Å². The maximum absolute atomic E-state index is 13.0. The van der Waals surface area contributed by atoms with Gasteiger partial charge in [-0.1, -0.05) is 12.1 Å². The lowest BCUT2D eigenvalue weighted by Crippen LogP contribution is -2.14. The standard InChI is InChI=1S/C15H15FN2OS/c1-10-5-6-12(17)8-14(10)20-9-15(19)18-13-4-2-3-11(16)7-13/h2-8H,9,17H2,1H3,(H,18,19). The van der Waals surface area contributed by atoms with Gasteiger partial charge in [0.25, 0.3) is 0 Å². The van der Waals surface area contributed by atoms with Gasteiger partial charge in [0.1, 0.15) is 5.82 Å². The van der Waals surface area contributed by atoms with Crippen molar-refractivity contribution in [1.82, 2.24) is 0 Å². The third-order valence-corrected chi connectivity index (χ3v) is 3.84. The van der Waals surface area contributed by atoms with E-state index < -0.39 is 0 Å². The van der Waals surface area contributed by atoms with Crippen LogP contribution in [0.15, 0.2) is 47.4 Å². The molecule has 0 saturated heterocycles. The van der Waals surface area contributed by atoms with Crippen molar-refractivity contribution >= 4 is 29.0 Å². The second kappa shape index (κ2) is 6.43. The normalized spacial score (nSPS) is 10.3. The lowest BCUT2D eigenvalue weighted by molar-refractivity contribution is -0.113. The van der Waals surface area contributed by atoms with E-state index in [0.717, 1.165) is 10.5 Å². The Morgan fingerprint density at radius 1 is 1.30 bits per heavy atom. The van der Waals surface area contributed by atoms with Gasteiger partial charge in [0.15, 0.2) is 0 Å². The van der Waals surface area contributed by atoms with Crippen molar-refractivity contribution in [1.29, 1.82) is 0 Å². The van der Waals surface area contributed by atoms with Crippen LogP contribution in [0.1, 0.15) is 5.56 Å². The number of aryl methyl sites for hydroxylation is 1. The van der Waals surface area contributed by atoms with Crippen molar-refractivity contribution in [2.24, 2.45) is 0 Å². The molecule has 0 aromatic heterocycles. The van der Waals surface area contributed by atoms with Crippen molar-refractivity contribution in [2.75, 3.05) is 16.8 Å². The number of hydrogen-bond acceptors (Lipinski definition) is 3. The molecule has 5 heteroatoms. The van der Waals surface area contributed by atoms with Crippen LogP contribution in [-0.4, -0.2) is 11.7 Å². The lowest BCUT2D eigenvalue weighted by atomic mass is 10.2. The van der Waals surface area contributed by atoms with Gasteiger partial charge in [-0.15, -0.1) is 11.8 Å². The fourth-order valence-electron chi connectivity index (χ4n) is 1.68. The van der Waals surface area contributed by atoms with Crippen molar-refractivity contribution in [3.63, 3.8) is 0 Å². The third kappa shape index (κ3) is 3.99. The highest BCUT2D eigenvalue weighted by Gasteiger charge is 2.06. The van der Waals surface area contributed by atoms with Crippen LogP contribution in [-0.2, 0) is 4.79 Å². The molecule has 0 saturated carbocycles. The molecule has 20 heavy (non-hydrogen) atoms. The fourth-order valence-corrected chi connectivity index (χ4v) is 2.55. The molecule has 104 valence electrons. The molecule has 0 aliphatic rings. The zero-order valence-corrected chi connectivity index (χ0v) is 11.8. The molecule has 1 amide bonds. The molecule has 3 nitrogen and oxygen atoms in total. The average molecular weight is 290 g/mol. The SMILES string of the molecule is Cc1ccc(N)cc1SCC(=O)Nc1cccc(F)c1. The van der Waals surface area contributed by atoms with Crippen LogP contribution < -0.4 is 11.1 Å². The summed E-state index contributed by atoms with van der Waals surface area (Å²) in [7, 11) is 0. The summed E-state index contributed by atoms with van der Waals surface area (Å²) in [6, 6.07) is 11.4. The van der Waals surface area contributed by atoms with Gasteiger partial charge in [-0.3, -0.25) is 4.79 Å². The van der Waals surface area contributed by atoms with Crippen LogP contribution in [0, 0.1) is 12.7 Å². The Balaban J connectivity index is 1.94.